The first-order chi connectivity index (χ1) is 11.9. The summed E-state index contributed by atoms with van der Waals surface area (Å²) < 4.78 is 20.1. The van der Waals surface area contributed by atoms with Gasteiger partial charge in [0, 0.05) is 22.1 Å². The highest BCUT2D eigenvalue weighted by molar-refractivity contribution is 9.10. The molecule has 0 fully saturated rings. The molecule has 6 heteroatoms. The number of rotatable bonds is 7. The van der Waals surface area contributed by atoms with Crippen LogP contribution in [0.15, 0.2) is 40.9 Å². The number of nitrogens with one attached hydrogen (secondary N) is 1. The second-order valence-electron chi connectivity index (χ2n) is 5.59. The van der Waals surface area contributed by atoms with Crippen molar-refractivity contribution in [2.45, 2.75) is 33.3 Å². The molecular weight excluding hydrogens is 389 g/mol. The number of halogens is 2. The normalized spacial score (nSPS) is 10.4. The molecule has 4 nitrogen and oxygen atoms in total. The van der Waals surface area contributed by atoms with Crippen molar-refractivity contribution in [3.05, 3.63) is 57.8 Å². The predicted octanol–water partition coefficient (Wildman–Crippen LogP) is 5.11. The van der Waals surface area contributed by atoms with Gasteiger partial charge in [0.05, 0.1) is 5.56 Å². The summed E-state index contributed by atoms with van der Waals surface area (Å²) in [5, 5.41) is 2.74. The third-order valence-electron chi connectivity index (χ3n) is 3.52. The minimum Gasteiger partial charge on any atom is -0.488 e. The van der Waals surface area contributed by atoms with E-state index in [0.717, 1.165) is 6.42 Å². The van der Waals surface area contributed by atoms with Crippen molar-refractivity contribution in [3.63, 3.8) is 0 Å². The number of amides is 1. The topological polar surface area (TPSA) is 55.4 Å². The van der Waals surface area contributed by atoms with E-state index in [1.54, 1.807) is 30.3 Å². The molecule has 0 heterocycles. The Morgan fingerprint density at radius 1 is 1.20 bits per heavy atom. The van der Waals surface area contributed by atoms with E-state index in [0.29, 0.717) is 33.5 Å². The van der Waals surface area contributed by atoms with Crippen LogP contribution in [0.3, 0.4) is 0 Å². The molecule has 0 aliphatic heterocycles. The number of hydrogen-bond acceptors (Lipinski definition) is 3. The molecule has 0 saturated heterocycles. The van der Waals surface area contributed by atoms with Gasteiger partial charge in [0.15, 0.2) is 5.78 Å². The Balaban J connectivity index is 2.16. The molecular formula is C19H19BrFNO3. The molecule has 25 heavy (non-hydrogen) atoms. The van der Waals surface area contributed by atoms with Gasteiger partial charge in [0.1, 0.15) is 18.2 Å². The molecule has 132 valence electrons. The van der Waals surface area contributed by atoms with E-state index in [1.165, 1.54) is 13.0 Å². The van der Waals surface area contributed by atoms with Gasteiger partial charge in [-0.25, -0.2) is 4.39 Å². The van der Waals surface area contributed by atoms with Gasteiger partial charge in [-0.1, -0.05) is 28.9 Å². The molecule has 0 atom stereocenters. The zero-order valence-corrected chi connectivity index (χ0v) is 15.7. The van der Waals surface area contributed by atoms with Crippen LogP contribution in [0, 0.1) is 5.82 Å². The molecule has 0 saturated carbocycles. The minimum atomic E-state index is -0.387. The molecule has 0 radical (unpaired) electrons. The molecule has 0 spiro atoms. The predicted molar refractivity (Wildman–Crippen MR) is 98.4 cm³/mol. The lowest BCUT2D eigenvalue weighted by Crippen LogP contribution is -2.11. The molecule has 1 N–H and O–H groups in total. The van der Waals surface area contributed by atoms with Gasteiger partial charge in [-0.05, 0) is 43.7 Å². The van der Waals surface area contributed by atoms with Crippen LogP contribution in [-0.2, 0) is 11.4 Å². The average Bonchev–Trinajstić information content (AvgIpc) is 2.55. The zero-order valence-electron chi connectivity index (χ0n) is 14.1. The van der Waals surface area contributed by atoms with Crippen LogP contribution in [0.1, 0.15) is 42.6 Å². The van der Waals surface area contributed by atoms with Gasteiger partial charge < -0.3 is 10.1 Å². The summed E-state index contributed by atoms with van der Waals surface area (Å²) in [5.41, 5.74) is 1.26. The first-order valence-corrected chi connectivity index (χ1v) is 8.71. The third-order valence-corrected chi connectivity index (χ3v) is 4.01. The molecule has 0 aliphatic carbocycles. The summed E-state index contributed by atoms with van der Waals surface area (Å²) in [7, 11) is 0. The fourth-order valence-corrected chi connectivity index (χ4v) is 2.59. The highest BCUT2D eigenvalue weighted by Gasteiger charge is 2.12. The molecule has 0 aromatic heterocycles. The van der Waals surface area contributed by atoms with Gasteiger partial charge >= 0.3 is 0 Å². The lowest BCUT2D eigenvalue weighted by molar-refractivity contribution is -0.116. The Hall–Kier alpha value is -2.21. The number of carbonyl (C=O) groups is 2. The first-order valence-electron chi connectivity index (χ1n) is 7.92. The lowest BCUT2D eigenvalue weighted by Gasteiger charge is -2.13. The fraction of sp³-hybridized carbons (Fsp3) is 0.263. The smallest absolute Gasteiger partial charge is 0.224 e. The Bertz CT molecular complexity index is 792. The van der Waals surface area contributed by atoms with E-state index < -0.39 is 0 Å². The highest BCUT2D eigenvalue weighted by Crippen LogP contribution is 2.25. The summed E-state index contributed by atoms with van der Waals surface area (Å²) in [6, 6.07) is 9.54. The highest BCUT2D eigenvalue weighted by atomic mass is 79.9. The summed E-state index contributed by atoms with van der Waals surface area (Å²) in [6.45, 7) is 3.33. The largest absolute Gasteiger partial charge is 0.488 e. The summed E-state index contributed by atoms with van der Waals surface area (Å²) in [4.78, 5) is 23.6. The van der Waals surface area contributed by atoms with Crippen LogP contribution in [-0.4, -0.2) is 11.7 Å². The second kappa shape index (κ2) is 8.76. The SMILES string of the molecule is CCCC(=O)Nc1ccc(OCc2ccc(Br)cc2F)c(C(C)=O)c1. The van der Waals surface area contributed by atoms with E-state index in [1.807, 2.05) is 6.92 Å². The molecule has 0 unspecified atom stereocenters. The van der Waals surface area contributed by atoms with Crippen molar-refractivity contribution in [3.8, 4) is 5.75 Å². The summed E-state index contributed by atoms with van der Waals surface area (Å²) in [5.74, 6) is -0.342. The van der Waals surface area contributed by atoms with Crippen molar-refractivity contribution in [1.29, 1.82) is 0 Å². The van der Waals surface area contributed by atoms with Gasteiger partial charge in [-0.15, -0.1) is 0 Å². The van der Waals surface area contributed by atoms with Crippen molar-refractivity contribution >= 4 is 33.3 Å². The van der Waals surface area contributed by atoms with Gasteiger partial charge in [-0.3, -0.25) is 9.59 Å². The van der Waals surface area contributed by atoms with E-state index >= 15 is 0 Å². The zero-order chi connectivity index (χ0) is 18.4. The maximum atomic E-state index is 13.9. The Labute approximate surface area is 154 Å². The maximum absolute atomic E-state index is 13.9. The fourth-order valence-electron chi connectivity index (χ4n) is 2.25. The number of hydrogen-bond donors (Lipinski definition) is 1. The van der Waals surface area contributed by atoms with Crippen LogP contribution in [0.5, 0.6) is 5.75 Å². The van der Waals surface area contributed by atoms with Gasteiger partial charge in [0.2, 0.25) is 5.91 Å². The minimum absolute atomic E-state index is 0.000926. The van der Waals surface area contributed by atoms with E-state index in [9.17, 15) is 14.0 Å². The van der Waals surface area contributed by atoms with Gasteiger partial charge in [-0.2, -0.15) is 0 Å². The number of carbonyl (C=O) groups excluding carboxylic acids is 2. The number of benzene rings is 2. The molecule has 0 bridgehead atoms. The average molecular weight is 408 g/mol. The van der Waals surface area contributed by atoms with Crippen LogP contribution >= 0.6 is 15.9 Å². The Kier molecular flexibility index (Phi) is 6.70. The summed E-state index contributed by atoms with van der Waals surface area (Å²) in [6.07, 6.45) is 1.15. The third kappa shape index (κ3) is 5.39. The van der Waals surface area contributed by atoms with Crippen molar-refractivity contribution < 1.29 is 18.7 Å². The molecule has 2 aromatic carbocycles. The standard InChI is InChI=1S/C19H19BrFNO3/c1-3-4-19(24)22-15-7-8-18(16(10-15)12(2)23)25-11-13-5-6-14(20)9-17(13)21/h5-10H,3-4,11H2,1-2H3,(H,22,24). The van der Waals surface area contributed by atoms with E-state index in [4.69, 9.17) is 4.74 Å². The van der Waals surface area contributed by atoms with Crippen molar-refractivity contribution in [1.82, 2.24) is 0 Å². The first kappa shape index (κ1) is 19.1. The second-order valence-corrected chi connectivity index (χ2v) is 6.51. The van der Waals surface area contributed by atoms with Gasteiger partial charge in [0.25, 0.3) is 0 Å². The number of anilines is 1. The molecule has 0 aliphatic rings. The Morgan fingerprint density at radius 2 is 1.96 bits per heavy atom. The monoisotopic (exact) mass is 407 g/mol. The van der Waals surface area contributed by atoms with E-state index in [-0.39, 0.29) is 24.1 Å². The van der Waals surface area contributed by atoms with Crippen LogP contribution < -0.4 is 10.1 Å². The molecule has 1 amide bonds. The van der Waals surface area contributed by atoms with Crippen molar-refractivity contribution in [2.24, 2.45) is 0 Å². The van der Waals surface area contributed by atoms with Crippen LogP contribution in [0.25, 0.3) is 0 Å². The maximum Gasteiger partial charge on any atom is 0.224 e. The molecule has 2 rings (SSSR count). The number of Topliss-reactive ketones (excluding diaryl/α,β-unsaturated/α-hetero) is 1. The Morgan fingerprint density at radius 3 is 2.60 bits per heavy atom. The lowest BCUT2D eigenvalue weighted by atomic mass is 10.1. The number of ketones is 1. The molecule has 2 aromatic rings. The number of ether oxygens (including phenoxy) is 1. The van der Waals surface area contributed by atoms with E-state index in [2.05, 4.69) is 21.2 Å². The quantitative estimate of drug-likeness (QED) is 0.648. The summed E-state index contributed by atoms with van der Waals surface area (Å²) >= 11 is 3.20. The van der Waals surface area contributed by atoms with Crippen LogP contribution in [0.2, 0.25) is 0 Å². The van der Waals surface area contributed by atoms with Crippen molar-refractivity contribution in [2.75, 3.05) is 5.32 Å². The van der Waals surface area contributed by atoms with Crippen LogP contribution in [0.4, 0.5) is 10.1 Å².